The molecule has 1 atom stereocenters. The lowest BCUT2D eigenvalue weighted by atomic mass is 10.1. The van der Waals surface area contributed by atoms with Gasteiger partial charge in [0.25, 0.3) is 0 Å². The standard InChI is InChI=1S/C19H27N3O4S2/c1-3-14(2)20-28(25,26)15-7-8-16-17(13-15)27-19(24)22(16)12-9-18(23)21-10-5-4-6-11-21/h7-8,13-14,20H,3-6,9-12H2,1-2H3/t14-/m0/s1. The lowest BCUT2D eigenvalue weighted by molar-refractivity contribution is -0.132. The highest BCUT2D eigenvalue weighted by molar-refractivity contribution is 7.89. The maximum absolute atomic E-state index is 12.5. The molecule has 1 fully saturated rings. The highest BCUT2D eigenvalue weighted by atomic mass is 32.2. The van der Waals surface area contributed by atoms with E-state index in [1.165, 1.54) is 12.1 Å². The Labute approximate surface area is 169 Å². The van der Waals surface area contributed by atoms with Crippen molar-refractivity contribution in [1.82, 2.24) is 14.2 Å². The number of nitrogens with one attached hydrogen (secondary N) is 1. The monoisotopic (exact) mass is 425 g/mol. The Morgan fingerprint density at radius 1 is 1.25 bits per heavy atom. The van der Waals surface area contributed by atoms with Crippen LogP contribution in [0, 0.1) is 0 Å². The lowest BCUT2D eigenvalue weighted by Crippen LogP contribution is -2.36. The van der Waals surface area contributed by atoms with E-state index in [4.69, 9.17) is 0 Å². The highest BCUT2D eigenvalue weighted by Gasteiger charge is 2.20. The smallest absolute Gasteiger partial charge is 0.308 e. The second-order valence-corrected chi connectivity index (χ2v) is 9.98. The van der Waals surface area contributed by atoms with Gasteiger partial charge in [-0.25, -0.2) is 13.1 Å². The Kier molecular flexibility index (Phi) is 6.57. The molecule has 0 radical (unpaired) electrons. The zero-order chi connectivity index (χ0) is 20.3. The number of piperidine rings is 1. The van der Waals surface area contributed by atoms with Gasteiger partial charge < -0.3 is 4.90 Å². The van der Waals surface area contributed by atoms with E-state index in [-0.39, 0.29) is 28.1 Å². The van der Waals surface area contributed by atoms with Gasteiger partial charge in [0.2, 0.25) is 15.9 Å². The number of amides is 1. The predicted octanol–water partition coefficient (Wildman–Crippen LogP) is 2.54. The van der Waals surface area contributed by atoms with Crippen molar-refractivity contribution in [3.05, 3.63) is 27.9 Å². The fraction of sp³-hybridized carbons (Fsp3) is 0.579. The molecule has 9 heteroatoms. The summed E-state index contributed by atoms with van der Waals surface area (Å²) < 4.78 is 29.8. The normalized spacial score (nSPS) is 16.4. The molecule has 2 aromatic rings. The molecule has 0 aliphatic carbocycles. The van der Waals surface area contributed by atoms with Crippen molar-refractivity contribution in [3.63, 3.8) is 0 Å². The topological polar surface area (TPSA) is 88.5 Å². The lowest BCUT2D eigenvalue weighted by Gasteiger charge is -2.26. The molecule has 7 nitrogen and oxygen atoms in total. The van der Waals surface area contributed by atoms with Gasteiger partial charge in [-0.05, 0) is 50.8 Å². The molecule has 1 aliphatic rings. The number of hydrogen-bond acceptors (Lipinski definition) is 5. The third-order valence-electron chi connectivity index (χ3n) is 5.18. The number of thiazole rings is 1. The number of nitrogens with zero attached hydrogens (tertiary/aromatic N) is 2. The first-order valence-electron chi connectivity index (χ1n) is 9.75. The number of rotatable bonds is 7. The number of likely N-dealkylation sites (tertiary alicyclic amines) is 1. The van der Waals surface area contributed by atoms with Crippen molar-refractivity contribution in [2.24, 2.45) is 0 Å². The number of benzene rings is 1. The molecule has 0 saturated carbocycles. The van der Waals surface area contributed by atoms with Gasteiger partial charge in [0.05, 0.1) is 15.1 Å². The van der Waals surface area contributed by atoms with Crippen LogP contribution in [0.15, 0.2) is 27.9 Å². The van der Waals surface area contributed by atoms with E-state index in [1.54, 1.807) is 10.6 Å². The van der Waals surface area contributed by atoms with E-state index in [9.17, 15) is 18.0 Å². The third-order valence-corrected chi connectivity index (χ3v) is 7.71. The average Bonchev–Trinajstić information content (AvgIpc) is 3.00. The molecule has 28 heavy (non-hydrogen) atoms. The van der Waals surface area contributed by atoms with Gasteiger partial charge in [-0.1, -0.05) is 18.3 Å². The fourth-order valence-corrected chi connectivity index (χ4v) is 5.73. The van der Waals surface area contributed by atoms with Gasteiger partial charge in [-0.3, -0.25) is 14.2 Å². The Bertz CT molecular complexity index is 1000. The molecule has 1 aromatic carbocycles. The summed E-state index contributed by atoms with van der Waals surface area (Å²) in [6.07, 6.45) is 4.21. The maximum Gasteiger partial charge on any atom is 0.308 e. The quantitative estimate of drug-likeness (QED) is 0.738. The molecule has 3 rings (SSSR count). The third kappa shape index (κ3) is 4.64. The fourth-order valence-electron chi connectivity index (χ4n) is 3.35. The summed E-state index contributed by atoms with van der Waals surface area (Å²) in [4.78, 5) is 26.6. The zero-order valence-corrected chi connectivity index (χ0v) is 17.9. The van der Waals surface area contributed by atoms with Gasteiger partial charge in [-0.2, -0.15) is 0 Å². The molecular formula is C19H27N3O4S2. The Morgan fingerprint density at radius 2 is 1.96 bits per heavy atom. The predicted molar refractivity (Wildman–Crippen MR) is 111 cm³/mol. The van der Waals surface area contributed by atoms with Gasteiger partial charge in [-0.15, -0.1) is 0 Å². The van der Waals surface area contributed by atoms with E-state index in [0.29, 0.717) is 23.2 Å². The molecule has 1 aliphatic heterocycles. The van der Waals surface area contributed by atoms with Crippen LogP contribution in [0.2, 0.25) is 0 Å². The summed E-state index contributed by atoms with van der Waals surface area (Å²) in [5, 5.41) is 0. The molecule has 1 saturated heterocycles. The SMILES string of the molecule is CC[C@H](C)NS(=O)(=O)c1ccc2c(c1)sc(=O)n2CCC(=O)N1CCCCC1. The van der Waals surface area contributed by atoms with Crippen molar-refractivity contribution < 1.29 is 13.2 Å². The zero-order valence-electron chi connectivity index (χ0n) is 16.3. The molecule has 0 bridgehead atoms. The van der Waals surface area contributed by atoms with Gasteiger partial charge >= 0.3 is 4.87 Å². The van der Waals surface area contributed by atoms with Crippen LogP contribution < -0.4 is 9.60 Å². The van der Waals surface area contributed by atoms with Crippen LogP contribution >= 0.6 is 11.3 Å². The minimum atomic E-state index is -3.62. The molecule has 2 heterocycles. The summed E-state index contributed by atoms with van der Waals surface area (Å²) in [5.74, 6) is 0.0721. The number of aromatic nitrogens is 1. The van der Waals surface area contributed by atoms with Crippen molar-refractivity contribution in [1.29, 1.82) is 0 Å². The highest BCUT2D eigenvalue weighted by Crippen LogP contribution is 2.22. The van der Waals surface area contributed by atoms with E-state index in [1.807, 2.05) is 18.7 Å². The van der Waals surface area contributed by atoms with Crippen LogP contribution in [0.25, 0.3) is 10.2 Å². The molecule has 154 valence electrons. The van der Waals surface area contributed by atoms with E-state index < -0.39 is 10.0 Å². The minimum absolute atomic E-state index is 0.0721. The van der Waals surface area contributed by atoms with E-state index in [2.05, 4.69) is 4.72 Å². The summed E-state index contributed by atoms with van der Waals surface area (Å²) in [6.45, 7) is 5.62. The number of fused-ring (bicyclic) bond motifs is 1. The van der Waals surface area contributed by atoms with E-state index in [0.717, 1.165) is 43.7 Å². The number of carbonyl (C=O) groups excluding carboxylic acids is 1. The van der Waals surface area contributed by atoms with Crippen molar-refractivity contribution in [3.8, 4) is 0 Å². The van der Waals surface area contributed by atoms with Crippen LogP contribution in [-0.4, -0.2) is 42.9 Å². The second-order valence-electron chi connectivity index (χ2n) is 7.27. The molecule has 1 amide bonds. The van der Waals surface area contributed by atoms with Gasteiger partial charge in [0, 0.05) is 32.1 Å². The largest absolute Gasteiger partial charge is 0.343 e. The van der Waals surface area contributed by atoms with Gasteiger partial charge in [0.1, 0.15) is 0 Å². The summed E-state index contributed by atoms with van der Waals surface area (Å²) in [7, 11) is -3.62. The first kappa shape index (κ1) is 21.0. The number of aryl methyl sites for hydroxylation is 1. The molecule has 0 spiro atoms. The minimum Gasteiger partial charge on any atom is -0.343 e. The molecular weight excluding hydrogens is 398 g/mol. The van der Waals surface area contributed by atoms with Crippen LogP contribution in [0.3, 0.4) is 0 Å². The van der Waals surface area contributed by atoms with Crippen molar-refractivity contribution in [2.45, 2.75) is 63.4 Å². The first-order chi connectivity index (χ1) is 13.3. The van der Waals surface area contributed by atoms with Crippen LogP contribution in [-0.2, 0) is 21.4 Å². The number of hydrogen-bond donors (Lipinski definition) is 1. The maximum atomic E-state index is 12.5. The molecule has 0 unspecified atom stereocenters. The average molecular weight is 426 g/mol. The van der Waals surface area contributed by atoms with Crippen LogP contribution in [0.4, 0.5) is 0 Å². The summed E-state index contributed by atoms with van der Waals surface area (Å²) in [6, 6.07) is 4.55. The van der Waals surface area contributed by atoms with Crippen LogP contribution in [0.5, 0.6) is 0 Å². The van der Waals surface area contributed by atoms with Crippen molar-refractivity contribution in [2.75, 3.05) is 13.1 Å². The Morgan fingerprint density at radius 3 is 2.64 bits per heavy atom. The molecule has 1 aromatic heterocycles. The van der Waals surface area contributed by atoms with Crippen LogP contribution in [0.1, 0.15) is 46.0 Å². The molecule has 1 N–H and O–H groups in total. The first-order valence-corrected chi connectivity index (χ1v) is 12.1. The van der Waals surface area contributed by atoms with Crippen molar-refractivity contribution >= 4 is 37.5 Å². The summed E-state index contributed by atoms with van der Waals surface area (Å²) in [5.41, 5.74) is 0.670. The Balaban J connectivity index is 1.78. The summed E-state index contributed by atoms with van der Waals surface area (Å²) >= 11 is 1.01. The number of carbonyl (C=O) groups is 1. The Hall–Kier alpha value is -1.71. The van der Waals surface area contributed by atoms with E-state index >= 15 is 0 Å². The number of sulfonamides is 1. The second kappa shape index (κ2) is 8.75. The van der Waals surface area contributed by atoms with Gasteiger partial charge in [0.15, 0.2) is 0 Å².